The number of para-hydroxylation sites is 1. The van der Waals surface area contributed by atoms with Gasteiger partial charge >= 0.3 is 0 Å². The van der Waals surface area contributed by atoms with Crippen LogP contribution in [0, 0.1) is 0 Å². The van der Waals surface area contributed by atoms with E-state index in [0.717, 1.165) is 12.8 Å². The van der Waals surface area contributed by atoms with Crippen molar-refractivity contribution in [3.05, 3.63) is 65.7 Å². The highest BCUT2D eigenvalue weighted by Crippen LogP contribution is 2.16. The van der Waals surface area contributed by atoms with Crippen molar-refractivity contribution in [3.63, 3.8) is 0 Å². The summed E-state index contributed by atoms with van der Waals surface area (Å²) in [4.78, 5) is 26.6. The van der Waals surface area contributed by atoms with E-state index in [2.05, 4.69) is 5.32 Å². The zero-order valence-electron chi connectivity index (χ0n) is 13.4. The Kier molecular flexibility index (Phi) is 4.79. The first-order chi connectivity index (χ1) is 11.6. The van der Waals surface area contributed by atoms with Gasteiger partial charge in [0.05, 0.1) is 5.56 Å². The van der Waals surface area contributed by atoms with Crippen molar-refractivity contribution in [1.82, 2.24) is 10.2 Å². The first kappa shape index (κ1) is 16.1. The standard InChI is InChI=1S/C19H21N3O2/c20-17-9-5-4-8-16(17)18(23)21-15-10-12-22(13-11-15)19(24)14-6-2-1-3-7-14/h1-9,15H,10-13,20H2,(H,21,23). The van der Waals surface area contributed by atoms with E-state index in [-0.39, 0.29) is 17.9 Å². The molecule has 0 aliphatic carbocycles. The fourth-order valence-electron chi connectivity index (χ4n) is 2.96. The minimum Gasteiger partial charge on any atom is -0.398 e. The van der Waals surface area contributed by atoms with Gasteiger partial charge in [-0.05, 0) is 37.1 Å². The van der Waals surface area contributed by atoms with E-state index in [1.54, 1.807) is 24.3 Å². The average molecular weight is 323 g/mol. The fraction of sp³-hybridized carbons (Fsp3) is 0.263. The summed E-state index contributed by atoms with van der Waals surface area (Å²) < 4.78 is 0. The van der Waals surface area contributed by atoms with Crippen molar-refractivity contribution in [3.8, 4) is 0 Å². The molecule has 5 nitrogen and oxygen atoms in total. The van der Waals surface area contributed by atoms with Gasteiger partial charge in [0.1, 0.15) is 0 Å². The summed E-state index contributed by atoms with van der Waals surface area (Å²) >= 11 is 0. The number of benzene rings is 2. The lowest BCUT2D eigenvalue weighted by atomic mass is 10.0. The highest BCUT2D eigenvalue weighted by atomic mass is 16.2. The van der Waals surface area contributed by atoms with Crippen LogP contribution in [0.2, 0.25) is 0 Å². The maximum atomic E-state index is 12.4. The van der Waals surface area contributed by atoms with Crippen LogP contribution in [0.1, 0.15) is 33.6 Å². The molecule has 0 bridgehead atoms. The van der Waals surface area contributed by atoms with Gasteiger partial charge in [0.25, 0.3) is 11.8 Å². The number of likely N-dealkylation sites (tertiary alicyclic amines) is 1. The predicted molar refractivity (Wildman–Crippen MR) is 93.7 cm³/mol. The molecule has 24 heavy (non-hydrogen) atoms. The van der Waals surface area contributed by atoms with Gasteiger partial charge < -0.3 is 16.0 Å². The van der Waals surface area contributed by atoms with Crippen molar-refractivity contribution >= 4 is 17.5 Å². The maximum Gasteiger partial charge on any atom is 0.253 e. The largest absolute Gasteiger partial charge is 0.398 e. The van der Waals surface area contributed by atoms with Gasteiger partial charge in [0.2, 0.25) is 0 Å². The molecule has 2 aromatic carbocycles. The zero-order chi connectivity index (χ0) is 16.9. The number of hydrogen-bond donors (Lipinski definition) is 2. The number of piperidine rings is 1. The van der Waals surface area contributed by atoms with Crippen molar-refractivity contribution in [2.24, 2.45) is 0 Å². The first-order valence-corrected chi connectivity index (χ1v) is 8.15. The van der Waals surface area contributed by atoms with Gasteiger partial charge in [0, 0.05) is 30.4 Å². The Hall–Kier alpha value is -2.82. The molecule has 0 atom stereocenters. The normalized spacial score (nSPS) is 15.1. The van der Waals surface area contributed by atoms with Crippen molar-refractivity contribution in [2.75, 3.05) is 18.8 Å². The van der Waals surface area contributed by atoms with Gasteiger partial charge in [-0.1, -0.05) is 30.3 Å². The highest BCUT2D eigenvalue weighted by molar-refractivity contribution is 5.99. The minimum absolute atomic E-state index is 0.0488. The van der Waals surface area contributed by atoms with Crippen LogP contribution in [0.5, 0.6) is 0 Å². The van der Waals surface area contributed by atoms with Crippen LogP contribution in [0.3, 0.4) is 0 Å². The molecule has 0 spiro atoms. The lowest BCUT2D eigenvalue weighted by Crippen LogP contribution is -2.46. The molecule has 5 heteroatoms. The number of carbonyl (C=O) groups excluding carboxylic acids is 2. The topological polar surface area (TPSA) is 75.4 Å². The quantitative estimate of drug-likeness (QED) is 0.851. The Balaban J connectivity index is 1.55. The molecule has 0 saturated carbocycles. The average Bonchev–Trinajstić information content (AvgIpc) is 2.63. The molecule has 2 aromatic rings. The predicted octanol–water partition coefficient (Wildman–Crippen LogP) is 2.30. The molecule has 3 N–H and O–H groups in total. The summed E-state index contributed by atoms with van der Waals surface area (Å²) in [7, 11) is 0. The van der Waals surface area contributed by atoms with Crippen LogP contribution in [-0.2, 0) is 0 Å². The Bertz CT molecular complexity index is 722. The second-order valence-corrected chi connectivity index (χ2v) is 5.99. The second kappa shape index (κ2) is 7.17. The Morgan fingerprint density at radius 2 is 1.58 bits per heavy atom. The van der Waals surface area contributed by atoms with Crippen LogP contribution < -0.4 is 11.1 Å². The van der Waals surface area contributed by atoms with Crippen LogP contribution in [0.4, 0.5) is 5.69 Å². The van der Waals surface area contributed by atoms with E-state index >= 15 is 0 Å². The molecule has 2 amide bonds. The van der Waals surface area contributed by atoms with Crippen molar-refractivity contribution in [2.45, 2.75) is 18.9 Å². The monoisotopic (exact) mass is 323 g/mol. The molecule has 1 aliphatic rings. The molecule has 1 heterocycles. The number of amides is 2. The third-order valence-corrected chi connectivity index (χ3v) is 4.34. The number of nitrogens with zero attached hydrogens (tertiary/aromatic N) is 1. The van der Waals surface area contributed by atoms with Gasteiger partial charge in [-0.15, -0.1) is 0 Å². The molecule has 3 rings (SSSR count). The molecular formula is C19H21N3O2. The smallest absolute Gasteiger partial charge is 0.253 e. The van der Waals surface area contributed by atoms with Crippen LogP contribution in [0.25, 0.3) is 0 Å². The van der Waals surface area contributed by atoms with Crippen LogP contribution >= 0.6 is 0 Å². The summed E-state index contributed by atoms with van der Waals surface area (Å²) in [6.45, 7) is 1.28. The van der Waals surface area contributed by atoms with Gasteiger partial charge in [-0.3, -0.25) is 9.59 Å². The van der Waals surface area contributed by atoms with Crippen LogP contribution in [-0.4, -0.2) is 35.8 Å². The number of carbonyl (C=O) groups is 2. The van der Waals surface area contributed by atoms with Crippen molar-refractivity contribution in [1.29, 1.82) is 0 Å². The lowest BCUT2D eigenvalue weighted by Gasteiger charge is -2.32. The van der Waals surface area contributed by atoms with E-state index in [0.29, 0.717) is 29.9 Å². The summed E-state index contributed by atoms with van der Waals surface area (Å²) in [6, 6.07) is 16.4. The number of anilines is 1. The molecule has 124 valence electrons. The molecule has 0 radical (unpaired) electrons. The van der Waals surface area contributed by atoms with E-state index < -0.39 is 0 Å². The van der Waals surface area contributed by atoms with Gasteiger partial charge in [-0.25, -0.2) is 0 Å². The molecule has 1 saturated heterocycles. The van der Waals surface area contributed by atoms with Crippen molar-refractivity contribution < 1.29 is 9.59 Å². The number of rotatable bonds is 3. The van der Waals surface area contributed by atoms with E-state index in [4.69, 9.17) is 5.73 Å². The molecule has 1 fully saturated rings. The summed E-state index contributed by atoms with van der Waals surface area (Å²) in [5, 5.41) is 3.02. The van der Waals surface area contributed by atoms with E-state index in [9.17, 15) is 9.59 Å². The summed E-state index contributed by atoms with van der Waals surface area (Å²) in [6.07, 6.45) is 1.49. The number of nitrogen functional groups attached to an aromatic ring is 1. The maximum absolute atomic E-state index is 12.4. The molecule has 0 unspecified atom stereocenters. The van der Waals surface area contributed by atoms with E-state index in [1.165, 1.54) is 0 Å². The molecule has 0 aromatic heterocycles. The SMILES string of the molecule is Nc1ccccc1C(=O)NC1CCN(C(=O)c2ccccc2)CC1. The number of nitrogens with two attached hydrogens (primary N) is 1. The zero-order valence-corrected chi connectivity index (χ0v) is 13.4. The Morgan fingerprint density at radius 3 is 2.25 bits per heavy atom. The Morgan fingerprint density at radius 1 is 0.958 bits per heavy atom. The minimum atomic E-state index is -0.152. The third kappa shape index (κ3) is 3.56. The number of nitrogens with one attached hydrogen (secondary N) is 1. The molecular weight excluding hydrogens is 302 g/mol. The fourth-order valence-corrected chi connectivity index (χ4v) is 2.96. The highest BCUT2D eigenvalue weighted by Gasteiger charge is 2.25. The number of hydrogen-bond acceptors (Lipinski definition) is 3. The summed E-state index contributed by atoms with van der Waals surface area (Å²) in [5.74, 6) is -0.103. The Labute approximate surface area is 141 Å². The van der Waals surface area contributed by atoms with Gasteiger partial charge in [-0.2, -0.15) is 0 Å². The van der Waals surface area contributed by atoms with E-state index in [1.807, 2.05) is 35.2 Å². The molecule has 1 aliphatic heterocycles. The second-order valence-electron chi connectivity index (χ2n) is 5.99. The lowest BCUT2D eigenvalue weighted by molar-refractivity contribution is 0.0698. The first-order valence-electron chi connectivity index (χ1n) is 8.15. The van der Waals surface area contributed by atoms with Gasteiger partial charge in [0.15, 0.2) is 0 Å². The van der Waals surface area contributed by atoms with Crippen LogP contribution in [0.15, 0.2) is 54.6 Å². The third-order valence-electron chi connectivity index (χ3n) is 4.34. The summed E-state index contributed by atoms with van der Waals surface area (Å²) in [5.41, 5.74) is 7.52.